The number of hydrogen-bond donors (Lipinski definition) is 0. The topological polar surface area (TPSA) is 95.6 Å². The van der Waals surface area contributed by atoms with Crippen LogP contribution in [0.4, 0.5) is 0 Å². The Morgan fingerprint density at radius 3 is 1.76 bits per heavy atom. The smallest absolute Gasteiger partial charge is 0.313 e. The molecule has 0 atom stereocenters. The van der Waals surface area contributed by atoms with Crippen molar-refractivity contribution in [3.05, 3.63) is 53.6 Å². The molecule has 2 rings (SSSR count). The summed E-state index contributed by atoms with van der Waals surface area (Å²) in [6.45, 7) is 3.24. The van der Waals surface area contributed by atoms with Crippen molar-refractivity contribution >= 4 is 23.5 Å². The molecule has 0 bridgehead atoms. The van der Waals surface area contributed by atoms with Crippen LogP contribution < -0.4 is 4.57 Å². The number of nitrogens with zero attached hydrogens (tertiary/aromatic N) is 2. The maximum absolute atomic E-state index is 11.7. The number of carbonyl (C=O) groups is 4. The number of Topliss-reactive ketones (excluding diaryl/α,β-unsaturated/α-hetero) is 2. The molecule has 0 saturated carbocycles. The fourth-order valence-corrected chi connectivity index (χ4v) is 2.74. The van der Waals surface area contributed by atoms with Crippen LogP contribution in [0.5, 0.6) is 0 Å². The molecule has 0 aliphatic carbocycles. The van der Waals surface area contributed by atoms with Crippen molar-refractivity contribution in [1.82, 2.24) is 4.57 Å². The summed E-state index contributed by atoms with van der Waals surface area (Å²) < 4.78 is 14.2. The first-order chi connectivity index (χ1) is 13.7. The predicted molar refractivity (Wildman–Crippen MR) is 101 cm³/mol. The van der Waals surface area contributed by atoms with Gasteiger partial charge in [-0.25, -0.2) is 9.13 Å². The van der Waals surface area contributed by atoms with E-state index in [4.69, 9.17) is 9.47 Å². The Bertz CT molecular complexity index is 865. The molecule has 1 aromatic heterocycles. The third kappa shape index (κ3) is 8.08. The maximum Gasteiger partial charge on any atom is 0.313 e. The van der Waals surface area contributed by atoms with Gasteiger partial charge in [0.1, 0.15) is 56.6 Å². The quantitative estimate of drug-likeness (QED) is 0.339. The summed E-state index contributed by atoms with van der Waals surface area (Å²) in [5, 5.41) is 0. The van der Waals surface area contributed by atoms with Gasteiger partial charge in [-0.05, 0) is 48.7 Å². The number of aryl methyl sites for hydroxylation is 1. The molecule has 0 aliphatic heterocycles. The lowest BCUT2D eigenvalue weighted by Crippen LogP contribution is -2.23. The molecular formula is C21H25N2O6+. The lowest BCUT2D eigenvalue weighted by atomic mass is 10.1. The highest BCUT2D eigenvalue weighted by molar-refractivity contribution is 5.94. The molecule has 0 aliphatic rings. The van der Waals surface area contributed by atoms with Crippen LogP contribution in [0.2, 0.25) is 0 Å². The van der Waals surface area contributed by atoms with Crippen molar-refractivity contribution in [2.24, 2.45) is 7.05 Å². The van der Waals surface area contributed by atoms with Crippen molar-refractivity contribution in [1.29, 1.82) is 0 Å². The second kappa shape index (κ2) is 10.3. The average Bonchev–Trinajstić information content (AvgIpc) is 3.02. The first kappa shape index (κ1) is 22.0. The highest BCUT2D eigenvalue weighted by Gasteiger charge is 2.12. The van der Waals surface area contributed by atoms with Gasteiger partial charge in [-0.3, -0.25) is 19.2 Å². The van der Waals surface area contributed by atoms with Crippen LogP contribution in [0.3, 0.4) is 0 Å². The molecule has 0 amide bonds. The lowest BCUT2D eigenvalue weighted by molar-refractivity contribution is -0.671. The van der Waals surface area contributed by atoms with Crippen molar-refractivity contribution < 1.29 is 33.2 Å². The summed E-state index contributed by atoms with van der Waals surface area (Å²) in [6, 6.07) is 5.55. The van der Waals surface area contributed by atoms with Gasteiger partial charge in [0, 0.05) is 0 Å². The van der Waals surface area contributed by atoms with Gasteiger partial charge in [0.15, 0.2) is 0 Å². The third-order valence-corrected chi connectivity index (χ3v) is 3.89. The fourth-order valence-electron chi connectivity index (χ4n) is 2.74. The Kier molecular flexibility index (Phi) is 7.82. The van der Waals surface area contributed by atoms with Crippen LogP contribution in [0.25, 0.3) is 0 Å². The van der Waals surface area contributed by atoms with Crippen molar-refractivity contribution in [3.63, 3.8) is 0 Å². The van der Waals surface area contributed by atoms with Crippen LogP contribution in [-0.4, -0.2) is 28.1 Å². The summed E-state index contributed by atoms with van der Waals surface area (Å²) in [5.74, 6) is -1.70. The second-order valence-corrected chi connectivity index (χ2v) is 6.99. The third-order valence-electron chi connectivity index (χ3n) is 3.89. The van der Waals surface area contributed by atoms with Crippen LogP contribution in [0.15, 0.2) is 36.9 Å². The molecular weight excluding hydrogens is 376 g/mol. The number of imidazole rings is 1. The Hall–Kier alpha value is -3.29. The summed E-state index contributed by atoms with van der Waals surface area (Å²) in [6.07, 6.45) is 5.22. The number of esters is 2. The van der Waals surface area contributed by atoms with Gasteiger partial charge in [-0.1, -0.05) is 0 Å². The summed E-state index contributed by atoms with van der Waals surface area (Å²) in [4.78, 5) is 45.4. The minimum absolute atomic E-state index is 0.00774. The van der Waals surface area contributed by atoms with E-state index < -0.39 is 11.9 Å². The summed E-state index contributed by atoms with van der Waals surface area (Å²) in [7, 11) is 1.92. The number of carbonyl (C=O) groups excluding carboxylic acids is 4. The Morgan fingerprint density at radius 2 is 1.34 bits per heavy atom. The average molecular weight is 401 g/mol. The van der Waals surface area contributed by atoms with E-state index in [1.807, 2.05) is 47.0 Å². The predicted octanol–water partition coefficient (Wildman–Crippen LogP) is 1.41. The highest BCUT2D eigenvalue weighted by atomic mass is 16.5. The molecule has 0 N–H and O–H groups in total. The Morgan fingerprint density at radius 1 is 0.862 bits per heavy atom. The molecule has 0 radical (unpaired) electrons. The summed E-state index contributed by atoms with van der Waals surface area (Å²) >= 11 is 0. The zero-order valence-electron chi connectivity index (χ0n) is 16.8. The van der Waals surface area contributed by atoms with Crippen LogP contribution in [-0.2, 0) is 55.5 Å². The van der Waals surface area contributed by atoms with Crippen molar-refractivity contribution in [3.8, 4) is 0 Å². The van der Waals surface area contributed by atoms with E-state index in [1.54, 1.807) is 6.07 Å². The highest BCUT2D eigenvalue weighted by Crippen LogP contribution is 2.15. The minimum Gasteiger partial charge on any atom is -0.460 e. The van der Waals surface area contributed by atoms with Crippen LogP contribution in [0, 0.1) is 0 Å². The molecule has 29 heavy (non-hydrogen) atoms. The van der Waals surface area contributed by atoms with Gasteiger partial charge >= 0.3 is 11.9 Å². The van der Waals surface area contributed by atoms with E-state index in [-0.39, 0.29) is 37.6 Å². The van der Waals surface area contributed by atoms with E-state index >= 15 is 0 Å². The second-order valence-electron chi connectivity index (χ2n) is 6.99. The molecule has 1 aromatic carbocycles. The maximum atomic E-state index is 11.7. The van der Waals surface area contributed by atoms with Gasteiger partial charge in [0.2, 0.25) is 6.33 Å². The monoisotopic (exact) mass is 401 g/mol. The van der Waals surface area contributed by atoms with E-state index in [0.29, 0.717) is 17.7 Å². The van der Waals surface area contributed by atoms with E-state index in [0.717, 1.165) is 5.56 Å². The lowest BCUT2D eigenvalue weighted by Gasteiger charge is -2.10. The van der Waals surface area contributed by atoms with Gasteiger partial charge in [0.05, 0.1) is 7.05 Å². The zero-order valence-corrected chi connectivity index (χ0v) is 16.8. The molecule has 0 unspecified atom stereocenters. The number of hydrogen-bond acceptors (Lipinski definition) is 6. The Labute approximate surface area is 169 Å². The van der Waals surface area contributed by atoms with Crippen LogP contribution in [0.1, 0.15) is 43.4 Å². The fraction of sp³-hybridized carbons (Fsp3) is 0.381. The molecule has 1 heterocycles. The number of benzene rings is 1. The summed E-state index contributed by atoms with van der Waals surface area (Å²) in [5.41, 5.74) is 2.36. The molecule has 8 heteroatoms. The number of ether oxygens (including phenoxy) is 2. The largest absolute Gasteiger partial charge is 0.460 e. The first-order valence-electron chi connectivity index (χ1n) is 9.14. The van der Waals surface area contributed by atoms with E-state index in [1.165, 1.54) is 13.8 Å². The standard InChI is InChI=1S/C21H25N2O6/c1-15(24)6-20(26)28-12-18-8-17(11-23-5-4-22(3)14-23)9-19(10-18)13-29-21(27)7-16(2)25/h4-5,8-10,14H,6-7,11-13H2,1-3H3/q+1. The van der Waals surface area contributed by atoms with Crippen LogP contribution >= 0.6 is 0 Å². The number of aromatic nitrogens is 2. The van der Waals surface area contributed by atoms with Gasteiger partial charge in [-0.15, -0.1) is 0 Å². The minimum atomic E-state index is -0.588. The van der Waals surface area contributed by atoms with Gasteiger partial charge < -0.3 is 9.47 Å². The molecule has 8 nitrogen and oxygen atoms in total. The Balaban J connectivity index is 2.13. The number of rotatable bonds is 10. The number of ketones is 2. The van der Waals surface area contributed by atoms with Gasteiger partial charge in [0.25, 0.3) is 0 Å². The molecule has 0 spiro atoms. The van der Waals surface area contributed by atoms with Gasteiger partial charge in [-0.2, -0.15) is 0 Å². The zero-order chi connectivity index (χ0) is 21.4. The molecule has 0 fully saturated rings. The molecule has 2 aromatic rings. The van der Waals surface area contributed by atoms with Crippen molar-refractivity contribution in [2.75, 3.05) is 0 Å². The first-order valence-corrected chi connectivity index (χ1v) is 9.14. The normalized spacial score (nSPS) is 10.4. The molecule has 0 saturated heterocycles. The van der Waals surface area contributed by atoms with E-state index in [2.05, 4.69) is 0 Å². The van der Waals surface area contributed by atoms with E-state index in [9.17, 15) is 19.2 Å². The SMILES string of the molecule is CC(=O)CC(=O)OCc1cc(COC(=O)CC(C)=O)cc(Cn2cc[n+](C)c2)c1. The molecule has 154 valence electrons. The van der Waals surface area contributed by atoms with Crippen molar-refractivity contribution in [2.45, 2.75) is 46.4 Å².